The maximum atomic E-state index is 12.8. The first-order chi connectivity index (χ1) is 18.2. The van der Waals surface area contributed by atoms with Crippen molar-refractivity contribution in [3.05, 3.63) is 58.8 Å². The zero-order valence-corrected chi connectivity index (χ0v) is 21.0. The van der Waals surface area contributed by atoms with Crippen molar-refractivity contribution in [1.82, 2.24) is 24.6 Å². The number of pyridine rings is 1. The van der Waals surface area contributed by atoms with Crippen molar-refractivity contribution in [2.24, 2.45) is 5.41 Å². The highest BCUT2D eigenvalue weighted by molar-refractivity contribution is 6.30. The minimum Gasteiger partial charge on any atom is -0.402 e. The minimum atomic E-state index is -4.77. The SMILES string of the molecule is N#CC1(N2Cc3cc(Cl)ccc3-n3c(nnc3C3CC4(C3)CN(c3ncccc3OC(F)(F)F)C4)C2)CC1. The summed E-state index contributed by atoms with van der Waals surface area (Å²) in [7, 11) is 0. The number of fused-ring (bicyclic) bond motifs is 3. The van der Waals surface area contributed by atoms with E-state index in [0.717, 1.165) is 48.6 Å². The van der Waals surface area contributed by atoms with Crippen molar-refractivity contribution in [3.63, 3.8) is 0 Å². The third-order valence-corrected chi connectivity index (χ3v) is 8.56. The number of hydrogen-bond donors (Lipinski definition) is 0. The molecule has 1 aromatic carbocycles. The summed E-state index contributed by atoms with van der Waals surface area (Å²) in [5.74, 6) is 1.80. The number of nitriles is 1. The molecule has 38 heavy (non-hydrogen) atoms. The van der Waals surface area contributed by atoms with Gasteiger partial charge in [-0.25, -0.2) is 4.98 Å². The van der Waals surface area contributed by atoms with E-state index in [1.807, 2.05) is 23.1 Å². The molecule has 0 unspecified atom stereocenters. The Kier molecular flexibility index (Phi) is 5.04. The molecule has 3 fully saturated rings. The summed E-state index contributed by atoms with van der Waals surface area (Å²) in [5.41, 5.74) is 1.56. The van der Waals surface area contributed by atoms with Crippen LogP contribution in [0.3, 0.4) is 0 Å². The van der Waals surface area contributed by atoms with E-state index in [0.29, 0.717) is 31.2 Å². The normalized spacial score (nSPS) is 21.5. The molecule has 4 aliphatic rings. The lowest BCUT2D eigenvalue weighted by atomic mass is 9.57. The van der Waals surface area contributed by atoms with Gasteiger partial charge in [0.15, 0.2) is 17.4 Å². The van der Waals surface area contributed by atoms with Crippen molar-refractivity contribution < 1.29 is 17.9 Å². The second-order valence-electron chi connectivity index (χ2n) is 10.9. The van der Waals surface area contributed by atoms with E-state index in [4.69, 9.17) is 11.6 Å². The standard InChI is InChI=1S/C26H23ClF3N7O/c27-18-3-4-19-16(8-18)11-36(25(13-31)5-6-25)12-21-33-34-22(37(19)21)17-9-24(10-17)14-35(15-24)23-20(2-1-7-32-23)38-26(28,29)30/h1-4,7-8,17H,5-6,9-12,14-15H2. The molecule has 7 rings (SSSR count). The summed E-state index contributed by atoms with van der Waals surface area (Å²) in [5, 5.41) is 19.6. The number of anilines is 1. The molecule has 0 atom stereocenters. The van der Waals surface area contributed by atoms with Gasteiger partial charge >= 0.3 is 6.36 Å². The lowest BCUT2D eigenvalue weighted by Gasteiger charge is -2.59. The van der Waals surface area contributed by atoms with Gasteiger partial charge < -0.3 is 9.64 Å². The quantitative estimate of drug-likeness (QED) is 0.461. The third kappa shape index (κ3) is 3.81. The monoisotopic (exact) mass is 541 g/mol. The molecule has 2 aliphatic heterocycles. The molecule has 3 aromatic rings. The fraction of sp³-hybridized carbons (Fsp3) is 0.462. The van der Waals surface area contributed by atoms with Crippen molar-refractivity contribution in [1.29, 1.82) is 5.26 Å². The Bertz CT molecular complexity index is 1460. The number of alkyl halides is 3. The van der Waals surface area contributed by atoms with Crippen molar-refractivity contribution in [2.75, 3.05) is 18.0 Å². The van der Waals surface area contributed by atoms with Crippen molar-refractivity contribution >= 4 is 17.4 Å². The van der Waals surface area contributed by atoms with Gasteiger partial charge in [-0.1, -0.05) is 11.6 Å². The molecule has 0 amide bonds. The molecule has 1 saturated heterocycles. The van der Waals surface area contributed by atoms with Gasteiger partial charge in [-0.15, -0.1) is 23.4 Å². The van der Waals surface area contributed by atoms with Crippen LogP contribution in [0.2, 0.25) is 5.02 Å². The van der Waals surface area contributed by atoms with Crippen LogP contribution < -0.4 is 9.64 Å². The summed E-state index contributed by atoms with van der Waals surface area (Å²) < 4.78 is 44.8. The Balaban J connectivity index is 1.12. The van der Waals surface area contributed by atoms with Crippen LogP contribution in [0.15, 0.2) is 36.5 Å². The number of ether oxygens (including phenoxy) is 1. The van der Waals surface area contributed by atoms with E-state index in [1.54, 1.807) is 0 Å². The molecule has 0 N–H and O–H groups in total. The van der Waals surface area contributed by atoms with E-state index in [2.05, 4.69) is 35.5 Å². The van der Waals surface area contributed by atoms with Crippen LogP contribution in [0.1, 0.15) is 48.8 Å². The number of benzene rings is 1. The molecule has 2 aromatic heterocycles. The van der Waals surface area contributed by atoms with Gasteiger partial charge in [-0.05, 0) is 61.6 Å². The zero-order chi connectivity index (χ0) is 26.3. The summed E-state index contributed by atoms with van der Waals surface area (Å²) in [6.07, 6.45) is 0.110. The minimum absolute atomic E-state index is 0.00253. The van der Waals surface area contributed by atoms with Crippen LogP contribution in [-0.2, 0) is 13.1 Å². The molecule has 4 heterocycles. The van der Waals surface area contributed by atoms with Crippen molar-refractivity contribution in [2.45, 2.75) is 56.6 Å². The molecule has 2 aliphatic carbocycles. The van der Waals surface area contributed by atoms with Gasteiger partial charge in [-0.3, -0.25) is 9.47 Å². The Labute approximate surface area is 221 Å². The Hall–Kier alpha value is -3.36. The summed E-state index contributed by atoms with van der Waals surface area (Å²) >= 11 is 6.35. The molecule has 1 spiro atoms. The predicted molar refractivity (Wildman–Crippen MR) is 131 cm³/mol. The van der Waals surface area contributed by atoms with Gasteiger partial charge in [0.05, 0.1) is 18.3 Å². The first kappa shape index (κ1) is 23.7. The van der Waals surface area contributed by atoms with Crippen LogP contribution in [0.4, 0.5) is 19.0 Å². The highest BCUT2D eigenvalue weighted by Crippen LogP contribution is 2.57. The average Bonchev–Trinajstić information content (AvgIpc) is 3.55. The van der Waals surface area contributed by atoms with Crippen LogP contribution in [0.25, 0.3) is 5.69 Å². The summed E-state index contributed by atoms with van der Waals surface area (Å²) in [6, 6.07) is 11.0. The van der Waals surface area contributed by atoms with Gasteiger partial charge in [0.2, 0.25) is 0 Å². The van der Waals surface area contributed by atoms with E-state index >= 15 is 0 Å². The highest BCUT2D eigenvalue weighted by atomic mass is 35.5. The zero-order valence-electron chi connectivity index (χ0n) is 20.2. The van der Waals surface area contributed by atoms with Gasteiger partial charge in [0.25, 0.3) is 0 Å². The largest absolute Gasteiger partial charge is 0.573 e. The third-order valence-electron chi connectivity index (χ3n) is 8.32. The Morgan fingerprint density at radius 2 is 1.89 bits per heavy atom. The predicted octanol–water partition coefficient (Wildman–Crippen LogP) is 4.97. The Morgan fingerprint density at radius 3 is 2.61 bits per heavy atom. The molecule has 2 saturated carbocycles. The molecular weight excluding hydrogens is 519 g/mol. The number of aromatic nitrogens is 4. The van der Waals surface area contributed by atoms with E-state index < -0.39 is 11.9 Å². The van der Waals surface area contributed by atoms with Gasteiger partial charge in [0, 0.05) is 42.2 Å². The number of hydrogen-bond acceptors (Lipinski definition) is 7. The average molecular weight is 542 g/mol. The van der Waals surface area contributed by atoms with Crippen LogP contribution in [0, 0.1) is 16.7 Å². The van der Waals surface area contributed by atoms with Crippen LogP contribution in [-0.4, -0.2) is 49.6 Å². The smallest absolute Gasteiger partial charge is 0.402 e. The molecule has 196 valence electrons. The van der Waals surface area contributed by atoms with Crippen molar-refractivity contribution in [3.8, 4) is 17.5 Å². The summed E-state index contributed by atoms with van der Waals surface area (Å²) in [6.45, 7) is 2.36. The summed E-state index contributed by atoms with van der Waals surface area (Å²) in [4.78, 5) is 8.17. The number of halogens is 4. The second-order valence-corrected chi connectivity index (χ2v) is 11.4. The maximum Gasteiger partial charge on any atom is 0.573 e. The van der Waals surface area contributed by atoms with Crippen LogP contribution >= 0.6 is 11.6 Å². The fourth-order valence-electron chi connectivity index (χ4n) is 6.37. The molecule has 0 radical (unpaired) electrons. The molecule has 12 heteroatoms. The fourth-order valence-corrected chi connectivity index (χ4v) is 6.57. The van der Waals surface area contributed by atoms with Crippen LogP contribution in [0.5, 0.6) is 5.75 Å². The van der Waals surface area contributed by atoms with Gasteiger partial charge in [0.1, 0.15) is 11.4 Å². The lowest BCUT2D eigenvalue weighted by Crippen LogP contribution is -2.62. The molecular formula is C26H23ClF3N7O. The van der Waals surface area contributed by atoms with E-state index in [-0.39, 0.29) is 22.9 Å². The van der Waals surface area contributed by atoms with E-state index in [9.17, 15) is 18.4 Å². The van der Waals surface area contributed by atoms with E-state index in [1.165, 1.54) is 18.3 Å². The molecule has 8 nitrogen and oxygen atoms in total. The maximum absolute atomic E-state index is 12.8. The number of rotatable bonds is 4. The second kappa shape index (κ2) is 8.07. The Morgan fingerprint density at radius 1 is 1.11 bits per heavy atom. The molecule has 0 bridgehead atoms. The topological polar surface area (TPSA) is 83.1 Å². The number of nitrogens with zero attached hydrogens (tertiary/aromatic N) is 7. The first-order valence-corrected chi connectivity index (χ1v) is 12.9. The highest BCUT2D eigenvalue weighted by Gasteiger charge is 2.55. The first-order valence-electron chi connectivity index (χ1n) is 12.5. The lowest BCUT2D eigenvalue weighted by molar-refractivity contribution is -0.274. The van der Waals surface area contributed by atoms with Gasteiger partial charge in [-0.2, -0.15) is 5.26 Å².